The van der Waals surface area contributed by atoms with Crippen molar-refractivity contribution in [2.24, 2.45) is 0 Å². The molecule has 0 atom stereocenters. The molecule has 0 saturated heterocycles. The maximum absolute atomic E-state index is 10.8. The summed E-state index contributed by atoms with van der Waals surface area (Å²) in [7, 11) is 0. The molecule has 0 spiro atoms. The number of nitrogens with zero attached hydrogens (tertiary/aromatic N) is 3. The van der Waals surface area contributed by atoms with Gasteiger partial charge in [0.15, 0.2) is 11.0 Å². The summed E-state index contributed by atoms with van der Waals surface area (Å²) in [6.07, 6.45) is 0. The Kier molecular flexibility index (Phi) is 5.12. The fourth-order valence-electron chi connectivity index (χ4n) is 2.11. The van der Waals surface area contributed by atoms with Crippen LogP contribution in [0.25, 0.3) is 5.69 Å². The number of rotatable bonds is 7. The lowest BCUT2D eigenvalue weighted by atomic mass is 10.3. The minimum atomic E-state index is -0.898. The van der Waals surface area contributed by atoms with Crippen LogP contribution in [0.1, 0.15) is 5.82 Å². The zero-order valence-electron chi connectivity index (χ0n) is 12.7. The number of aliphatic carboxylic acids is 1. The summed E-state index contributed by atoms with van der Waals surface area (Å²) >= 11 is 1.13. The number of ether oxygens (including phenoxy) is 1. The third kappa shape index (κ3) is 3.94. The molecule has 3 aromatic rings. The van der Waals surface area contributed by atoms with Crippen LogP contribution in [0.5, 0.6) is 5.75 Å². The molecule has 24 heavy (non-hydrogen) atoms. The van der Waals surface area contributed by atoms with E-state index in [2.05, 4.69) is 10.2 Å². The standard InChI is InChI=1S/C17H15N3O3S/c21-16(22)12-24-17-19-18-15(11-23-14-9-5-2-6-10-14)20(17)13-7-3-1-4-8-13/h1-10H,11-12H2,(H,21,22). The van der Waals surface area contributed by atoms with E-state index < -0.39 is 5.97 Å². The van der Waals surface area contributed by atoms with Crippen LogP contribution in [0.3, 0.4) is 0 Å². The number of hydrogen-bond acceptors (Lipinski definition) is 5. The molecule has 2 aromatic carbocycles. The molecule has 7 heteroatoms. The number of carboxylic acid groups (broad SMARTS) is 1. The molecular formula is C17H15N3O3S. The van der Waals surface area contributed by atoms with Gasteiger partial charge in [0.1, 0.15) is 12.4 Å². The normalized spacial score (nSPS) is 10.5. The van der Waals surface area contributed by atoms with E-state index in [1.54, 1.807) is 0 Å². The van der Waals surface area contributed by atoms with Gasteiger partial charge in [0.2, 0.25) is 0 Å². The van der Waals surface area contributed by atoms with Crippen LogP contribution >= 0.6 is 11.8 Å². The maximum Gasteiger partial charge on any atom is 0.313 e. The zero-order chi connectivity index (χ0) is 16.8. The first-order chi connectivity index (χ1) is 11.7. The Bertz CT molecular complexity index is 806. The highest BCUT2D eigenvalue weighted by atomic mass is 32.2. The van der Waals surface area contributed by atoms with Gasteiger partial charge in [-0.25, -0.2) is 0 Å². The van der Waals surface area contributed by atoms with Gasteiger partial charge in [-0.05, 0) is 24.3 Å². The predicted molar refractivity (Wildman–Crippen MR) is 90.5 cm³/mol. The summed E-state index contributed by atoms with van der Waals surface area (Å²) in [5, 5.41) is 17.7. The molecule has 0 aliphatic heterocycles. The molecule has 1 N–H and O–H groups in total. The Morgan fingerprint density at radius 3 is 2.38 bits per heavy atom. The summed E-state index contributed by atoms with van der Waals surface area (Å²) in [6.45, 7) is 0.236. The van der Waals surface area contributed by atoms with Gasteiger partial charge in [0.05, 0.1) is 5.75 Å². The number of hydrogen-bond donors (Lipinski definition) is 1. The molecule has 122 valence electrons. The first-order valence-electron chi connectivity index (χ1n) is 7.26. The average Bonchev–Trinajstić information content (AvgIpc) is 3.02. The van der Waals surface area contributed by atoms with E-state index in [0.717, 1.165) is 23.2 Å². The lowest BCUT2D eigenvalue weighted by Crippen LogP contribution is -2.07. The van der Waals surface area contributed by atoms with Crippen molar-refractivity contribution >= 4 is 17.7 Å². The first kappa shape index (κ1) is 16.1. The second kappa shape index (κ2) is 7.65. The van der Waals surface area contributed by atoms with Gasteiger partial charge in [-0.1, -0.05) is 48.2 Å². The van der Waals surface area contributed by atoms with Crippen molar-refractivity contribution in [1.82, 2.24) is 14.8 Å². The van der Waals surface area contributed by atoms with Crippen molar-refractivity contribution in [3.05, 3.63) is 66.5 Å². The van der Waals surface area contributed by atoms with Gasteiger partial charge < -0.3 is 9.84 Å². The van der Waals surface area contributed by atoms with Crippen LogP contribution in [0.2, 0.25) is 0 Å². The smallest absolute Gasteiger partial charge is 0.313 e. The Labute approximate surface area is 143 Å². The van der Waals surface area contributed by atoms with E-state index in [1.165, 1.54) is 0 Å². The summed E-state index contributed by atoms with van der Waals surface area (Å²) in [5.74, 6) is 0.368. The van der Waals surface area contributed by atoms with Crippen LogP contribution in [0.4, 0.5) is 0 Å². The van der Waals surface area contributed by atoms with Gasteiger partial charge in [0.25, 0.3) is 0 Å². The van der Waals surface area contributed by atoms with Crippen molar-refractivity contribution in [2.45, 2.75) is 11.8 Å². The second-order valence-electron chi connectivity index (χ2n) is 4.85. The van der Waals surface area contributed by atoms with Gasteiger partial charge in [-0.2, -0.15) is 0 Å². The number of carbonyl (C=O) groups is 1. The molecule has 0 unspecified atom stereocenters. The number of para-hydroxylation sites is 2. The lowest BCUT2D eigenvalue weighted by molar-refractivity contribution is -0.133. The fourth-order valence-corrected chi connectivity index (χ4v) is 2.81. The monoisotopic (exact) mass is 341 g/mol. The van der Waals surface area contributed by atoms with E-state index in [4.69, 9.17) is 9.84 Å². The highest BCUT2D eigenvalue weighted by molar-refractivity contribution is 7.99. The minimum Gasteiger partial charge on any atom is -0.486 e. The van der Waals surface area contributed by atoms with E-state index in [1.807, 2.05) is 65.2 Å². The Morgan fingerprint density at radius 1 is 1.04 bits per heavy atom. The van der Waals surface area contributed by atoms with Crippen molar-refractivity contribution in [1.29, 1.82) is 0 Å². The molecule has 1 heterocycles. The van der Waals surface area contributed by atoms with Crippen molar-refractivity contribution < 1.29 is 14.6 Å². The number of carboxylic acids is 1. The van der Waals surface area contributed by atoms with E-state index in [-0.39, 0.29) is 12.4 Å². The largest absolute Gasteiger partial charge is 0.486 e. The van der Waals surface area contributed by atoms with Gasteiger partial charge in [-0.15, -0.1) is 10.2 Å². The van der Waals surface area contributed by atoms with E-state index >= 15 is 0 Å². The third-order valence-electron chi connectivity index (χ3n) is 3.15. The van der Waals surface area contributed by atoms with Crippen molar-refractivity contribution in [3.8, 4) is 11.4 Å². The van der Waals surface area contributed by atoms with Crippen molar-refractivity contribution in [2.75, 3.05) is 5.75 Å². The van der Waals surface area contributed by atoms with Crippen molar-refractivity contribution in [3.63, 3.8) is 0 Å². The summed E-state index contributed by atoms with van der Waals surface area (Å²) in [5.41, 5.74) is 0.863. The fraction of sp³-hybridized carbons (Fsp3) is 0.118. The molecule has 0 amide bonds. The molecule has 0 aliphatic carbocycles. The molecule has 0 radical (unpaired) electrons. The second-order valence-corrected chi connectivity index (χ2v) is 5.80. The average molecular weight is 341 g/mol. The molecule has 0 saturated carbocycles. The molecule has 0 bridgehead atoms. The van der Waals surface area contributed by atoms with Crippen LogP contribution in [0.15, 0.2) is 65.8 Å². The van der Waals surface area contributed by atoms with E-state index in [0.29, 0.717) is 11.0 Å². The summed E-state index contributed by atoms with van der Waals surface area (Å²) < 4.78 is 7.56. The SMILES string of the molecule is O=C(O)CSc1nnc(COc2ccccc2)n1-c1ccccc1. The predicted octanol–water partition coefficient (Wildman–Crippen LogP) is 3.02. The van der Waals surface area contributed by atoms with Crippen LogP contribution in [-0.4, -0.2) is 31.6 Å². The minimum absolute atomic E-state index is 0.0789. The lowest BCUT2D eigenvalue weighted by Gasteiger charge is -2.10. The zero-order valence-corrected chi connectivity index (χ0v) is 13.5. The van der Waals surface area contributed by atoms with Crippen LogP contribution < -0.4 is 4.74 Å². The summed E-state index contributed by atoms with van der Waals surface area (Å²) in [4.78, 5) is 10.8. The van der Waals surface area contributed by atoms with Crippen LogP contribution in [-0.2, 0) is 11.4 Å². The highest BCUT2D eigenvalue weighted by Gasteiger charge is 2.16. The Hall–Kier alpha value is -2.80. The molecular weight excluding hydrogens is 326 g/mol. The maximum atomic E-state index is 10.8. The summed E-state index contributed by atoms with van der Waals surface area (Å²) in [6, 6.07) is 19.0. The molecule has 1 aromatic heterocycles. The highest BCUT2D eigenvalue weighted by Crippen LogP contribution is 2.22. The molecule has 6 nitrogen and oxygen atoms in total. The first-order valence-corrected chi connectivity index (χ1v) is 8.25. The van der Waals surface area contributed by atoms with Gasteiger partial charge >= 0.3 is 5.97 Å². The van der Waals surface area contributed by atoms with E-state index in [9.17, 15) is 4.79 Å². The molecule has 0 aliphatic rings. The number of benzene rings is 2. The Morgan fingerprint density at radius 2 is 1.71 bits per heavy atom. The van der Waals surface area contributed by atoms with Gasteiger partial charge in [-0.3, -0.25) is 9.36 Å². The van der Waals surface area contributed by atoms with Gasteiger partial charge in [0, 0.05) is 5.69 Å². The Balaban J connectivity index is 1.86. The number of aromatic nitrogens is 3. The third-order valence-corrected chi connectivity index (χ3v) is 4.06. The quantitative estimate of drug-likeness (QED) is 0.666. The number of thioether (sulfide) groups is 1. The van der Waals surface area contributed by atoms with Crippen LogP contribution in [0, 0.1) is 0 Å². The molecule has 0 fully saturated rings. The molecule has 3 rings (SSSR count). The topological polar surface area (TPSA) is 77.2 Å².